The van der Waals surface area contributed by atoms with Crippen LogP contribution in [-0.2, 0) is 10.1 Å². The molecule has 0 rings (SSSR count). The lowest BCUT2D eigenvalue weighted by Crippen LogP contribution is -2.16. The van der Waals surface area contributed by atoms with Crippen LogP contribution >= 0.6 is 0 Å². The second-order valence-electron chi connectivity index (χ2n) is 8.65. The largest absolute Gasteiger partial charge is 0.393 e. The highest BCUT2D eigenvalue weighted by Gasteiger charge is 2.15. The Morgan fingerprint density at radius 1 is 0.607 bits per heavy atom. The summed E-state index contributed by atoms with van der Waals surface area (Å²) in [5.41, 5.74) is 0. The monoisotopic (exact) mass is 420 g/mol. The lowest BCUT2D eigenvalue weighted by molar-refractivity contribution is 0.147. The summed E-state index contributed by atoms with van der Waals surface area (Å²) in [7, 11) is -3.87. The van der Waals surface area contributed by atoms with Crippen molar-refractivity contribution in [3.8, 4) is 0 Å². The van der Waals surface area contributed by atoms with E-state index in [9.17, 15) is 13.5 Å². The van der Waals surface area contributed by atoms with E-state index in [1.807, 2.05) is 0 Å². The van der Waals surface area contributed by atoms with E-state index < -0.39 is 15.4 Å². The molecule has 0 bridgehead atoms. The molecule has 0 heterocycles. The first-order valence-corrected chi connectivity index (χ1v) is 13.5. The topological polar surface area (TPSA) is 74.6 Å². The fraction of sp³-hybridized carbons (Fsp3) is 1.00. The first kappa shape index (κ1) is 27.9. The lowest BCUT2D eigenvalue weighted by atomic mass is 10.0. The van der Waals surface area contributed by atoms with Crippen molar-refractivity contribution in [3.63, 3.8) is 0 Å². The molecule has 0 spiro atoms. The predicted molar refractivity (Wildman–Crippen MR) is 120 cm³/mol. The van der Waals surface area contributed by atoms with Crippen molar-refractivity contribution in [2.24, 2.45) is 0 Å². The van der Waals surface area contributed by atoms with Crippen LogP contribution in [0.15, 0.2) is 0 Å². The van der Waals surface area contributed by atoms with E-state index in [0.717, 1.165) is 51.4 Å². The third kappa shape index (κ3) is 19.2. The maximum atomic E-state index is 10.9. The van der Waals surface area contributed by atoms with Crippen LogP contribution in [0.4, 0.5) is 0 Å². The summed E-state index contributed by atoms with van der Waals surface area (Å²) in [6, 6.07) is 0. The minimum atomic E-state index is -3.87. The van der Waals surface area contributed by atoms with E-state index in [1.54, 1.807) is 6.92 Å². The second-order valence-corrected chi connectivity index (χ2v) is 10.5. The molecule has 5 heteroatoms. The summed E-state index contributed by atoms with van der Waals surface area (Å²) >= 11 is 0. The summed E-state index contributed by atoms with van der Waals surface area (Å²) in [6.45, 7) is 3.82. The number of aliphatic hydroxyl groups is 1. The van der Waals surface area contributed by atoms with Gasteiger partial charge in [-0.25, -0.2) is 0 Å². The molecule has 0 aliphatic heterocycles. The van der Waals surface area contributed by atoms with Crippen LogP contribution in [0.1, 0.15) is 136 Å². The lowest BCUT2D eigenvalue weighted by Gasteiger charge is -2.10. The summed E-state index contributed by atoms with van der Waals surface area (Å²) in [6.07, 6.45) is 22.0. The highest BCUT2D eigenvalue weighted by molar-refractivity contribution is 7.86. The van der Waals surface area contributed by atoms with E-state index in [4.69, 9.17) is 4.55 Å². The molecular weight excluding hydrogens is 372 g/mol. The zero-order valence-corrected chi connectivity index (χ0v) is 19.5. The fourth-order valence-electron chi connectivity index (χ4n) is 3.68. The van der Waals surface area contributed by atoms with Gasteiger partial charge < -0.3 is 5.11 Å². The molecule has 0 amide bonds. The minimum absolute atomic E-state index is 0.155. The Kier molecular flexibility index (Phi) is 18.8. The molecule has 170 valence electrons. The molecule has 0 aromatic rings. The molecule has 2 atom stereocenters. The van der Waals surface area contributed by atoms with Gasteiger partial charge in [-0.1, -0.05) is 110 Å². The van der Waals surface area contributed by atoms with Crippen LogP contribution in [0.25, 0.3) is 0 Å². The highest BCUT2D eigenvalue weighted by Crippen LogP contribution is 2.16. The van der Waals surface area contributed by atoms with Crippen LogP contribution < -0.4 is 0 Å². The third-order valence-electron chi connectivity index (χ3n) is 5.80. The van der Waals surface area contributed by atoms with Crippen molar-refractivity contribution in [1.82, 2.24) is 0 Å². The average molecular weight is 421 g/mol. The third-order valence-corrected chi connectivity index (χ3v) is 7.05. The van der Waals surface area contributed by atoms with Gasteiger partial charge >= 0.3 is 0 Å². The Morgan fingerprint density at radius 2 is 0.929 bits per heavy atom. The molecule has 0 saturated carbocycles. The molecule has 0 aliphatic rings. The molecule has 2 N–H and O–H groups in total. The Morgan fingerprint density at radius 3 is 1.29 bits per heavy atom. The number of hydrogen-bond donors (Lipinski definition) is 2. The molecule has 0 aromatic heterocycles. The molecule has 4 nitrogen and oxygen atoms in total. The molecule has 0 saturated heterocycles. The van der Waals surface area contributed by atoms with Crippen LogP contribution in [0, 0.1) is 0 Å². The smallest absolute Gasteiger partial charge is 0.267 e. The van der Waals surface area contributed by atoms with E-state index in [1.165, 1.54) is 64.2 Å². The zero-order valence-electron chi connectivity index (χ0n) is 18.7. The Hall–Kier alpha value is -0.130. The molecule has 0 aliphatic carbocycles. The summed E-state index contributed by atoms with van der Waals surface area (Å²) in [5, 5.41) is 9.41. The van der Waals surface area contributed by atoms with Crippen molar-refractivity contribution in [2.45, 2.75) is 147 Å². The standard InChI is InChI=1S/C23H48O4S/c1-3-4-5-6-7-8-9-10-11-14-17-20-23(24)21-18-15-12-13-16-19-22(2)28(25,26)27/h22-24H,3-21H2,1-2H3,(H,25,26,27). The van der Waals surface area contributed by atoms with Crippen molar-refractivity contribution in [1.29, 1.82) is 0 Å². The van der Waals surface area contributed by atoms with Gasteiger partial charge in [-0.05, 0) is 26.2 Å². The minimum Gasteiger partial charge on any atom is -0.393 e. The highest BCUT2D eigenvalue weighted by atomic mass is 32.2. The van der Waals surface area contributed by atoms with E-state index in [2.05, 4.69) is 6.92 Å². The number of unbranched alkanes of at least 4 members (excludes halogenated alkanes) is 14. The van der Waals surface area contributed by atoms with Gasteiger partial charge in [0.2, 0.25) is 0 Å². The number of hydrogen-bond acceptors (Lipinski definition) is 3. The van der Waals surface area contributed by atoms with E-state index in [-0.39, 0.29) is 6.10 Å². The van der Waals surface area contributed by atoms with Gasteiger partial charge in [0, 0.05) is 0 Å². The second kappa shape index (κ2) is 18.9. The normalized spacial score (nSPS) is 14.3. The van der Waals surface area contributed by atoms with Crippen LogP contribution in [0.2, 0.25) is 0 Å². The van der Waals surface area contributed by atoms with Crippen LogP contribution in [0.5, 0.6) is 0 Å². The van der Waals surface area contributed by atoms with Gasteiger partial charge in [0.05, 0.1) is 11.4 Å². The Balaban J connectivity index is 3.28. The number of rotatable bonds is 21. The van der Waals surface area contributed by atoms with Gasteiger partial charge in [-0.3, -0.25) is 4.55 Å². The van der Waals surface area contributed by atoms with Gasteiger partial charge in [-0.2, -0.15) is 8.42 Å². The van der Waals surface area contributed by atoms with E-state index in [0.29, 0.717) is 6.42 Å². The van der Waals surface area contributed by atoms with Gasteiger partial charge in [0.1, 0.15) is 0 Å². The summed E-state index contributed by atoms with van der Waals surface area (Å²) in [5.74, 6) is 0. The van der Waals surface area contributed by atoms with Crippen LogP contribution in [0.3, 0.4) is 0 Å². The van der Waals surface area contributed by atoms with Crippen molar-refractivity contribution in [2.75, 3.05) is 0 Å². The van der Waals surface area contributed by atoms with Crippen molar-refractivity contribution in [3.05, 3.63) is 0 Å². The summed E-state index contributed by atoms with van der Waals surface area (Å²) < 4.78 is 30.7. The molecule has 28 heavy (non-hydrogen) atoms. The summed E-state index contributed by atoms with van der Waals surface area (Å²) in [4.78, 5) is 0. The van der Waals surface area contributed by atoms with Crippen molar-refractivity contribution >= 4 is 10.1 Å². The maximum Gasteiger partial charge on any atom is 0.267 e. The Labute approximate surface area is 175 Å². The van der Waals surface area contributed by atoms with E-state index >= 15 is 0 Å². The van der Waals surface area contributed by atoms with Crippen molar-refractivity contribution < 1.29 is 18.1 Å². The van der Waals surface area contributed by atoms with Crippen LogP contribution in [-0.4, -0.2) is 29.4 Å². The average Bonchev–Trinajstić information content (AvgIpc) is 2.64. The van der Waals surface area contributed by atoms with Gasteiger partial charge in [0.15, 0.2) is 0 Å². The quantitative estimate of drug-likeness (QED) is 0.154. The first-order chi connectivity index (χ1) is 13.4. The molecule has 0 aromatic carbocycles. The first-order valence-electron chi connectivity index (χ1n) is 12.0. The number of aliphatic hydroxyl groups excluding tert-OH is 1. The van der Waals surface area contributed by atoms with Gasteiger partial charge in [0.25, 0.3) is 10.1 Å². The predicted octanol–water partition coefficient (Wildman–Crippen LogP) is 7.06. The fourth-order valence-corrected chi connectivity index (χ4v) is 4.14. The molecule has 2 unspecified atom stereocenters. The Bertz CT molecular complexity index is 422. The zero-order chi connectivity index (χ0) is 21.1. The van der Waals surface area contributed by atoms with Gasteiger partial charge in [-0.15, -0.1) is 0 Å². The SMILES string of the molecule is CCCCCCCCCCCCCC(O)CCCCCCCC(C)S(=O)(=O)O. The molecule has 0 fully saturated rings. The maximum absolute atomic E-state index is 10.9. The molecule has 0 radical (unpaired) electrons. The molecular formula is C23H48O4S.